The van der Waals surface area contributed by atoms with Crippen molar-refractivity contribution in [3.05, 3.63) is 71.8 Å². The number of para-hydroxylation sites is 1. The predicted octanol–water partition coefficient (Wildman–Crippen LogP) is 0.294. The van der Waals surface area contributed by atoms with Crippen LogP contribution in [0.1, 0.15) is 29.9 Å². The van der Waals surface area contributed by atoms with Crippen LogP contribution in [0.15, 0.2) is 60.7 Å². The number of hydrogen-bond acceptors (Lipinski definition) is 2. The molecule has 1 aliphatic carbocycles. The molecule has 0 aromatic heterocycles. The Hall–Kier alpha value is -1.35. The summed E-state index contributed by atoms with van der Waals surface area (Å²) in [6, 6.07) is 17.0. The summed E-state index contributed by atoms with van der Waals surface area (Å²) in [4.78, 5) is 12.0. The van der Waals surface area contributed by atoms with Crippen molar-refractivity contribution < 1.29 is 39.5 Å². The topological polar surface area (TPSA) is 40.1 Å². The van der Waals surface area contributed by atoms with E-state index in [-0.39, 0.29) is 47.0 Å². The monoisotopic (exact) mass is 286 g/mol. The van der Waals surface area contributed by atoms with E-state index in [1.54, 1.807) is 24.3 Å². The van der Waals surface area contributed by atoms with E-state index >= 15 is 0 Å². The standard InChI is InChI=1S/C18H16O2.Na/c19-16-11-14(13-6-2-1-3-7-13)10-15(12-16)17-8-4-5-9-18(17)20;/h1-9,12,14,20H,10-11H2;/q;+1/p-1. The molecule has 0 amide bonds. The van der Waals surface area contributed by atoms with Crippen LogP contribution in [0.25, 0.3) is 5.57 Å². The molecule has 0 aliphatic heterocycles. The molecule has 0 spiro atoms. The fourth-order valence-electron chi connectivity index (χ4n) is 2.77. The number of ketones is 1. The molecule has 2 aromatic rings. The average Bonchev–Trinajstić information content (AvgIpc) is 2.48. The third-order valence-electron chi connectivity index (χ3n) is 3.75. The summed E-state index contributed by atoms with van der Waals surface area (Å²) in [7, 11) is 0. The summed E-state index contributed by atoms with van der Waals surface area (Å²) in [5.41, 5.74) is 2.68. The van der Waals surface area contributed by atoms with Crippen LogP contribution in [-0.4, -0.2) is 5.78 Å². The molecule has 3 rings (SSSR count). The molecule has 0 bridgehead atoms. The molecule has 0 radical (unpaired) electrons. The first-order valence-electron chi connectivity index (χ1n) is 6.79. The van der Waals surface area contributed by atoms with Gasteiger partial charge in [-0.15, -0.1) is 5.75 Å². The maximum atomic E-state index is 12.0. The third kappa shape index (κ3) is 3.65. The zero-order valence-electron chi connectivity index (χ0n) is 12.1. The normalized spacial score (nSPS) is 17.8. The predicted molar refractivity (Wildman–Crippen MR) is 77.3 cm³/mol. The van der Waals surface area contributed by atoms with Gasteiger partial charge in [0.1, 0.15) is 0 Å². The third-order valence-corrected chi connectivity index (χ3v) is 3.75. The Bertz CT molecular complexity index is 662. The Kier molecular flexibility index (Phi) is 5.40. The Labute approximate surface area is 146 Å². The van der Waals surface area contributed by atoms with Crippen molar-refractivity contribution in [2.45, 2.75) is 18.8 Å². The molecular weight excluding hydrogens is 271 g/mol. The van der Waals surface area contributed by atoms with Gasteiger partial charge in [0.15, 0.2) is 5.78 Å². The first-order valence-corrected chi connectivity index (χ1v) is 6.79. The Balaban J connectivity index is 0.00000161. The average molecular weight is 286 g/mol. The summed E-state index contributed by atoms with van der Waals surface area (Å²) in [5.74, 6) is 0.256. The summed E-state index contributed by atoms with van der Waals surface area (Å²) >= 11 is 0. The van der Waals surface area contributed by atoms with E-state index in [1.807, 2.05) is 36.4 Å². The van der Waals surface area contributed by atoms with Gasteiger partial charge in [-0.3, -0.25) is 4.79 Å². The van der Waals surface area contributed by atoms with Crippen LogP contribution in [0.4, 0.5) is 0 Å². The molecule has 21 heavy (non-hydrogen) atoms. The van der Waals surface area contributed by atoms with Crippen LogP contribution in [0.2, 0.25) is 0 Å². The first-order chi connectivity index (χ1) is 9.74. The SMILES string of the molecule is O=C1C=C(c2ccccc2[O-])CC(c2ccccc2)C1.[Na+]. The Morgan fingerprint density at radius 2 is 1.57 bits per heavy atom. The van der Waals surface area contributed by atoms with E-state index in [0.717, 1.165) is 17.6 Å². The van der Waals surface area contributed by atoms with Gasteiger partial charge < -0.3 is 5.11 Å². The van der Waals surface area contributed by atoms with Gasteiger partial charge in [0, 0.05) is 6.42 Å². The summed E-state index contributed by atoms with van der Waals surface area (Å²) < 4.78 is 0. The molecule has 2 nitrogen and oxygen atoms in total. The van der Waals surface area contributed by atoms with Gasteiger partial charge >= 0.3 is 29.6 Å². The molecule has 1 aliphatic rings. The largest absolute Gasteiger partial charge is 1.00 e. The second kappa shape index (κ2) is 7.08. The van der Waals surface area contributed by atoms with Crippen molar-refractivity contribution >= 4 is 11.4 Å². The van der Waals surface area contributed by atoms with Gasteiger partial charge in [0.05, 0.1) is 0 Å². The fourth-order valence-corrected chi connectivity index (χ4v) is 2.77. The minimum absolute atomic E-state index is 0. The Morgan fingerprint density at radius 3 is 2.29 bits per heavy atom. The van der Waals surface area contributed by atoms with Gasteiger partial charge in [0.25, 0.3) is 0 Å². The quantitative estimate of drug-likeness (QED) is 0.745. The number of carbonyl (C=O) groups excluding carboxylic acids is 1. The number of rotatable bonds is 2. The summed E-state index contributed by atoms with van der Waals surface area (Å²) in [6.07, 6.45) is 2.90. The summed E-state index contributed by atoms with van der Waals surface area (Å²) in [6.45, 7) is 0. The molecule has 3 heteroatoms. The van der Waals surface area contributed by atoms with E-state index in [9.17, 15) is 9.90 Å². The van der Waals surface area contributed by atoms with Crippen LogP contribution in [-0.2, 0) is 4.79 Å². The van der Waals surface area contributed by atoms with E-state index in [0.29, 0.717) is 12.0 Å². The molecule has 1 atom stereocenters. The first kappa shape index (κ1) is 16.0. The van der Waals surface area contributed by atoms with Crippen LogP contribution in [0.5, 0.6) is 5.75 Å². The van der Waals surface area contributed by atoms with Gasteiger partial charge in [-0.2, -0.15) is 0 Å². The fraction of sp³-hybridized carbons (Fsp3) is 0.167. The summed E-state index contributed by atoms with van der Waals surface area (Å²) in [5, 5.41) is 11.9. The van der Waals surface area contributed by atoms with Crippen LogP contribution in [0.3, 0.4) is 0 Å². The van der Waals surface area contributed by atoms with E-state index in [2.05, 4.69) is 0 Å². The molecule has 0 N–H and O–H groups in total. The van der Waals surface area contributed by atoms with E-state index in [4.69, 9.17) is 0 Å². The number of allylic oxidation sites excluding steroid dienone is 2. The van der Waals surface area contributed by atoms with Crippen LogP contribution >= 0.6 is 0 Å². The second-order valence-corrected chi connectivity index (χ2v) is 5.15. The second-order valence-electron chi connectivity index (χ2n) is 5.15. The van der Waals surface area contributed by atoms with Crippen LogP contribution in [0, 0.1) is 0 Å². The van der Waals surface area contributed by atoms with Gasteiger partial charge in [-0.1, -0.05) is 54.6 Å². The smallest absolute Gasteiger partial charge is 0.872 e. The molecule has 0 heterocycles. The van der Waals surface area contributed by atoms with Crippen molar-refractivity contribution in [3.8, 4) is 5.75 Å². The van der Waals surface area contributed by atoms with Crippen molar-refractivity contribution in [2.75, 3.05) is 0 Å². The number of hydrogen-bond donors (Lipinski definition) is 0. The van der Waals surface area contributed by atoms with Crippen molar-refractivity contribution in [1.82, 2.24) is 0 Å². The minimum atomic E-state index is -0.0136. The molecule has 100 valence electrons. The molecular formula is C18H15NaO2. The molecule has 0 fully saturated rings. The molecule has 2 aromatic carbocycles. The molecule has 1 unspecified atom stereocenters. The zero-order chi connectivity index (χ0) is 13.9. The number of benzene rings is 2. The maximum Gasteiger partial charge on any atom is 1.00 e. The van der Waals surface area contributed by atoms with Gasteiger partial charge in [-0.05, 0) is 35.1 Å². The van der Waals surface area contributed by atoms with E-state index < -0.39 is 0 Å². The van der Waals surface area contributed by atoms with Crippen molar-refractivity contribution in [2.24, 2.45) is 0 Å². The van der Waals surface area contributed by atoms with Gasteiger partial charge in [0.2, 0.25) is 0 Å². The minimum Gasteiger partial charge on any atom is -0.872 e. The zero-order valence-corrected chi connectivity index (χ0v) is 14.1. The van der Waals surface area contributed by atoms with Crippen molar-refractivity contribution in [1.29, 1.82) is 0 Å². The number of carbonyl (C=O) groups is 1. The van der Waals surface area contributed by atoms with Crippen molar-refractivity contribution in [3.63, 3.8) is 0 Å². The maximum absolute atomic E-state index is 12.0. The van der Waals surface area contributed by atoms with E-state index in [1.165, 1.54) is 0 Å². The van der Waals surface area contributed by atoms with Crippen LogP contribution < -0.4 is 34.7 Å². The molecule has 0 saturated carbocycles. The Morgan fingerprint density at radius 1 is 0.905 bits per heavy atom. The van der Waals surface area contributed by atoms with Gasteiger partial charge in [-0.25, -0.2) is 0 Å². The molecule has 0 saturated heterocycles.